The predicted octanol–water partition coefficient (Wildman–Crippen LogP) is 1.40. The third-order valence-corrected chi connectivity index (χ3v) is 4.30. The van der Waals surface area contributed by atoms with Gasteiger partial charge in [-0.2, -0.15) is 18.3 Å². The minimum Gasteiger partial charge on any atom is -0.475 e. The molecule has 0 saturated carbocycles. The summed E-state index contributed by atoms with van der Waals surface area (Å²) in [5.74, 6) is -2.76. The van der Waals surface area contributed by atoms with Gasteiger partial charge in [-0.1, -0.05) is 11.3 Å². The molecule has 166 valence electrons. The summed E-state index contributed by atoms with van der Waals surface area (Å²) in [7, 11) is 1.89. The van der Waals surface area contributed by atoms with Gasteiger partial charge in [0.25, 0.3) is 0 Å². The summed E-state index contributed by atoms with van der Waals surface area (Å²) >= 11 is 0. The molecule has 0 aromatic carbocycles. The number of carbonyl (C=O) groups is 1. The van der Waals surface area contributed by atoms with Crippen molar-refractivity contribution in [2.24, 2.45) is 7.05 Å². The molecule has 0 aliphatic carbocycles. The van der Waals surface area contributed by atoms with Gasteiger partial charge in [0.1, 0.15) is 5.69 Å². The highest BCUT2D eigenvalue weighted by molar-refractivity contribution is 5.73. The lowest BCUT2D eigenvalue weighted by molar-refractivity contribution is -0.192. The van der Waals surface area contributed by atoms with Crippen molar-refractivity contribution in [1.29, 1.82) is 0 Å². The summed E-state index contributed by atoms with van der Waals surface area (Å²) < 4.78 is 41.4. The number of nitrogens with one attached hydrogen (secondary N) is 1. The molecule has 1 aliphatic rings. The standard InChI is InChI=1S/C16H19N7O.C2HF3O2/c1-22-9-12(6-19-22)16-15-11-24-14(10-23(15)21-20-16)8-17-7-13-4-2-3-5-18-13;3-2(4,5)1(6)7/h2-6,9,14,17H,7-8,10-11H2,1H3;(H,6,7). The minimum absolute atomic E-state index is 0.0738. The molecular formula is C18H20F3N7O3. The third-order valence-electron chi connectivity index (χ3n) is 4.30. The van der Waals surface area contributed by atoms with Gasteiger partial charge in [-0.3, -0.25) is 9.67 Å². The highest BCUT2D eigenvalue weighted by Gasteiger charge is 2.38. The van der Waals surface area contributed by atoms with Crippen LogP contribution in [0.2, 0.25) is 0 Å². The number of rotatable bonds is 5. The fraction of sp³-hybridized carbons (Fsp3) is 0.389. The first-order valence-electron chi connectivity index (χ1n) is 9.17. The highest BCUT2D eigenvalue weighted by Crippen LogP contribution is 2.24. The van der Waals surface area contributed by atoms with E-state index in [0.29, 0.717) is 13.2 Å². The second kappa shape index (κ2) is 9.66. The summed E-state index contributed by atoms with van der Waals surface area (Å²) in [4.78, 5) is 13.2. The minimum atomic E-state index is -5.08. The molecule has 1 atom stereocenters. The van der Waals surface area contributed by atoms with E-state index in [-0.39, 0.29) is 6.10 Å². The van der Waals surface area contributed by atoms with Crippen molar-refractivity contribution in [3.05, 3.63) is 48.2 Å². The van der Waals surface area contributed by atoms with Crippen molar-refractivity contribution in [2.75, 3.05) is 6.54 Å². The molecule has 2 N–H and O–H groups in total. The van der Waals surface area contributed by atoms with Crippen molar-refractivity contribution in [3.63, 3.8) is 0 Å². The van der Waals surface area contributed by atoms with Crippen LogP contribution in [0.1, 0.15) is 11.4 Å². The molecule has 0 fully saturated rings. The third kappa shape index (κ3) is 6.08. The fourth-order valence-electron chi connectivity index (χ4n) is 2.82. The highest BCUT2D eigenvalue weighted by atomic mass is 19.4. The maximum absolute atomic E-state index is 10.6. The Labute approximate surface area is 174 Å². The van der Waals surface area contributed by atoms with E-state index in [4.69, 9.17) is 14.6 Å². The van der Waals surface area contributed by atoms with E-state index in [1.165, 1.54) is 0 Å². The van der Waals surface area contributed by atoms with Gasteiger partial charge in [0.15, 0.2) is 0 Å². The van der Waals surface area contributed by atoms with Crippen LogP contribution in [0.4, 0.5) is 13.2 Å². The van der Waals surface area contributed by atoms with Crippen LogP contribution in [-0.4, -0.2) is 59.7 Å². The molecule has 3 aromatic rings. The average molecular weight is 439 g/mol. The van der Waals surface area contributed by atoms with Gasteiger partial charge in [0.05, 0.1) is 36.8 Å². The molecule has 0 saturated heterocycles. The first kappa shape index (κ1) is 22.4. The van der Waals surface area contributed by atoms with E-state index in [9.17, 15) is 13.2 Å². The lowest BCUT2D eigenvalue weighted by Crippen LogP contribution is -2.36. The van der Waals surface area contributed by atoms with Crippen molar-refractivity contribution < 1.29 is 27.8 Å². The van der Waals surface area contributed by atoms with Crippen molar-refractivity contribution >= 4 is 5.97 Å². The van der Waals surface area contributed by atoms with Crippen LogP contribution < -0.4 is 5.32 Å². The van der Waals surface area contributed by atoms with Crippen LogP contribution in [0.25, 0.3) is 11.3 Å². The van der Waals surface area contributed by atoms with E-state index >= 15 is 0 Å². The monoisotopic (exact) mass is 439 g/mol. The van der Waals surface area contributed by atoms with Gasteiger partial charge in [0.2, 0.25) is 0 Å². The number of nitrogens with zero attached hydrogens (tertiary/aromatic N) is 6. The number of alkyl halides is 3. The van der Waals surface area contributed by atoms with Gasteiger partial charge in [-0.15, -0.1) is 5.10 Å². The summed E-state index contributed by atoms with van der Waals surface area (Å²) in [6.07, 6.45) is 0.525. The second-order valence-electron chi connectivity index (χ2n) is 6.66. The van der Waals surface area contributed by atoms with E-state index < -0.39 is 12.1 Å². The van der Waals surface area contributed by atoms with Gasteiger partial charge >= 0.3 is 12.1 Å². The van der Waals surface area contributed by atoms with E-state index in [2.05, 4.69) is 25.7 Å². The number of aromatic nitrogens is 6. The molecule has 1 unspecified atom stereocenters. The van der Waals surface area contributed by atoms with Crippen LogP contribution in [0.3, 0.4) is 0 Å². The van der Waals surface area contributed by atoms with Gasteiger partial charge < -0.3 is 15.2 Å². The topological polar surface area (TPSA) is 120 Å². The molecule has 0 spiro atoms. The number of pyridine rings is 1. The first-order valence-corrected chi connectivity index (χ1v) is 9.17. The quantitative estimate of drug-likeness (QED) is 0.612. The zero-order valence-electron chi connectivity index (χ0n) is 16.5. The fourth-order valence-corrected chi connectivity index (χ4v) is 2.82. The van der Waals surface area contributed by atoms with Gasteiger partial charge in [0, 0.05) is 38.1 Å². The predicted molar refractivity (Wildman–Crippen MR) is 100 cm³/mol. The summed E-state index contributed by atoms with van der Waals surface area (Å²) in [5.41, 5.74) is 3.84. The zero-order valence-corrected chi connectivity index (χ0v) is 16.5. The molecule has 0 amide bonds. The maximum Gasteiger partial charge on any atom is 0.490 e. The Balaban J connectivity index is 0.000000339. The Bertz CT molecular complexity index is 1000. The summed E-state index contributed by atoms with van der Waals surface area (Å²) in [6, 6.07) is 5.91. The van der Waals surface area contributed by atoms with Crippen LogP contribution >= 0.6 is 0 Å². The molecule has 4 rings (SSSR count). The molecule has 1 aliphatic heterocycles. The average Bonchev–Trinajstić information content (AvgIpc) is 3.34. The first-order chi connectivity index (χ1) is 14.7. The number of aliphatic carboxylic acids is 1. The molecule has 3 aromatic heterocycles. The number of hydrogen-bond donors (Lipinski definition) is 2. The van der Waals surface area contributed by atoms with E-state index in [1.54, 1.807) is 17.1 Å². The Morgan fingerprint density at radius 3 is 2.77 bits per heavy atom. The smallest absolute Gasteiger partial charge is 0.475 e. The van der Waals surface area contributed by atoms with Crippen molar-refractivity contribution in [2.45, 2.75) is 32.0 Å². The number of halogens is 3. The van der Waals surface area contributed by atoms with Crippen molar-refractivity contribution in [1.82, 2.24) is 35.1 Å². The van der Waals surface area contributed by atoms with Gasteiger partial charge in [-0.05, 0) is 12.1 Å². The molecule has 0 bridgehead atoms. The number of hydrogen-bond acceptors (Lipinski definition) is 7. The van der Waals surface area contributed by atoms with Crippen LogP contribution in [-0.2, 0) is 36.3 Å². The number of carboxylic acids is 1. The van der Waals surface area contributed by atoms with Crippen molar-refractivity contribution in [3.8, 4) is 11.3 Å². The summed E-state index contributed by atoms with van der Waals surface area (Å²) in [6.45, 7) is 2.68. The number of ether oxygens (including phenoxy) is 1. The second-order valence-corrected chi connectivity index (χ2v) is 6.66. The molecular weight excluding hydrogens is 419 g/mol. The Morgan fingerprint density at radius 1 is 1.39 bits per heavy atom. The Morgan fingerprint density at radius 2 is 2.16 bits per heavy atom. The lowest BCUT2D eigenvalue weighted by atomic mass is 10.2. The molecule has 13 heteroatoms. The maximum atomic E-state index is 10.6. The number of aryl methyl sites for hydroxylation is 1. The molecule has 0 radical (unpaired) electrons. The molecule has 10 nitrogen and oxygen atoms in total. The lowest BCUT2D eigenvalue weighted by Gasteiger charge is -2.24. The summed E-state index contributed by atoms with van der Waals surface area (Å²) in [5, 5.41) is 23.3. The Kier molecular flexibility index (Phi) is 6.97. The van der Waals surface area contributed by atoms with Gasteiger partial charge in [-0.25, -0.2) is 9.48 Å². The molecule has 4 heterocycles. The normalized spacial score (nSPS) is 15.7. The van der Waals surface area contributed by atoms with Crippen LogP contribution in [0, 0.1) is 0 Å². The largest absolute Gasteiger partial charge is 0.490 e. The number of carboxylic acid groups (broad SMARTS) is 1. The van der Waals surface area contributed by atoms with E-state index in [0.717, 1.165) is 35.7 Å². The SMILES string of the molecule is Cn1cc(-c2nnn3c2COC(CNCc2ccccn2)C3)cn1.O=C(O)C(F)(F)F. The zero-order chi connectivity index (χ0) is 22.4. The van der Waals surface area contributed by atoms with Crippen LogP contribution in [0.15, 0.2) is 36.8 Å². The Hall–Kier alpha value is -3.32. The molecule has 31 heavy (non-hydrogen) atoms. The number of fused-ring (bicyclic) bond motifs is 1. The van der Waals surface area contributed by atoms with Crippen LogP contribution in [0.5, 0.6) is 0 Å². The van der Waals surface area contributed by atoms with E-state index in [1.807, 2.05) is 36.1 Å².